The molecule has 1 atom stereocenters. The van der Waals surface area contributed by atoms with Crippen LogP contribution in [-0.2, 0) is 28.0 Å². The first kappa shape index (κ1) is 18.6. The second kappa shape index (κ2) is 6.83. The molecule has 3 fully saturated rings. The van der Waals surface area contributed by atoms with Gasteiger partial charge in [-0.1, -0.05) is 18.2 Å². The van der Waals surface area contributed by atoms with Crippen molar-refractivity contribution < 1.29 is 14.4 Å². The van der Waals surface area contributed by atoms with Crippen LogP contribution in [0.2, 0.25) is 0 Å². The van der Waals surface area contributed by atoms with Crippen molar-refractivity contribution >= 4 is 17.8 Å². The lowest BCUT2D eigenvalue weighted by Crippen LogP contribution is -2.53. The molecule has 1 N–H and O–H groups in total. The molecular formula is C22H28N4O3. The zero-order valence-electron chi connectivity index (χ0n) is 16.9. The first-order valence-electron chi connectivity index (χ1n) is 10.7. The molecule has 29 heavy (non-hydrogen) atoms. The smallest absolute Gasteiger partial charge is 0.326 e. The van der Waals surface area contributed by atoms with Crippen LogP contribution in [0.4, 0.5) is 4.79 Å². The van der Waals surface area contributed by atoms with Crippen LogP contribution in [0.1, 0.15) is 42.9 Å². The fourth-order valence-corrected chi connectivity index (χ4v) is 4.80. The molecule has 0 radical (unpaired) electrons. The summed E-state index contributed by atoms with van der Waals surface area (Å²) in [4.78, 5) is 43.4. The topological polar surface area (TPSA) is 73.0 Å². The number of carbonyl (C=O) groups is 3. The number of carbonyl (C=O) groups excluding carboxylic acids is 3. The third-order valence-electron chi connectivity index (χ3n) is 6.90. The number of hydrogen-bond donors (Lipinski definition) is 1. The monoisotopic (exact) mass is 396 g/mol. The second-order valence-electron chi connectivity index (χ2n) is 8.98. The van der Waals surface area contributed by atoms with E-state index < -0.39 is 5.54 Å². The Morgan fingerprint density at radius 3 is 2.55 bits per heavy atom. The van der Waals surface area contributed by atoms with E-state index in [-0.39, 0.29) is 30.4 Å². The van der Waals surface area contributed by atoms with Gasteiger partial charge in [-0.25, -0.2) is 9.69 Å². The fraction of sp³-hybridized carbons (Fsp3) is 0.591. The highest BCUT2D eigenvalue weighted by Crippen LogP contribution is 2.33. The quantitative estimate of drug-likeness (QED) is 0.782. The number of hydrogen-bond acceptors (Lipinski definition) is 4. The zero-order valence-corrected chi connectivity index (χ0v) is 16.9. The highest BCUT2D eigenvalue weighted by molar-refractivity contribution is 6.07. The fourth-order valence-electron chi connectivity index (χ4n) is 4.80. The zero-order chi connectivity index (χ0) is 20.2. The average Bonchev–Trinajstić information content (AvgIpc) is 3.43. The highest BCUT2D eigenvalue weighted by atomic mass is 16.2. The summed E-state index contributed by atoms with van der Waals surface area (Å²) in [6.07, 6.45) is 5.31. The molecule has 1 aromatic carbocycles. The number of fused-ring (bicyclic) bond motifs is 1. The number of rotatable bonds is 4. The first-order chi connectivity index (χ1) is 14.0. The van der Waals surface area contributed by atoms with Crippen molar-refractivity contribution in [1.29, 1.82) is 0 Å². The number of aryl methyl sites for hydroxylation is 2. The van der Waals surface area contributed by atoms with Crippen LogP contribution in [-0.4, -0.2) is 65.4 Å². The van der Waals surface area contributed by atoms with Crippen molar-refractivity contribution in [2.75, 3.05) is 32.8 Å². The summed E-state index contributed by atoms with van der Waals surface area (Å²) in [7, 11) is 0. The van der Waals surface area contributed by atoms with Gasteiger partial charge in [0.15, 0.2) is 0 Å². The van der Waals surface area contributed by atoms with Gasteiger partial charge in [-0.05, 0) is 55.7 Å². The Morgan fingerprint density at radius 1 is 1.10 bits per heavy atom. The minimum atomic E-state index is -1.02. The van der Waals surface area contributed by atoms with Crippen LogP contribution in [0.5, 0.6) is 0 Å². The summed E-state index contributed by atoms with van der Waals surface area (Å²) in [6, 6.07) is 5.83. The SMILES string of the molecule is C[C@@]1(c2ccc3c(c2)CCC3)NC(=O)N(CN2CCN(C(=O)C3CC3)CC2)C1=O. The Bertz CT molecular complexity index is 873. The van der Waals surface area contributed by atoms with Gasteiger partial charge in [0.2, 0.25) is 5.91 Å². The maximum absolute atomic E-state index is 13.2. The molecule has 2 aliphatic carbocycles. The minimum Gasteiger partial charge on any atom is -0.340 e. The number of urea groups is 1. The van der Waals surface area contributed by atoms with E-state index in [0.717, 1.165) is 37.7 Å². The Hall–Kier alpha value is -2.41. The van der Waals surface area contributed by atoms with Crippen LogP contribution in [0, 0.1) is 5.92 Å². The molecule has 2 aliphatic heterocycles. The normalized spacial score (nSPS) is 27.3. The molecule has 2 saturated heterocycles. The van der Waals surface area contributed by atoms with E-state index in [1.807, 2.05) is 11.0 Å². The van der Waals surface area contributed by atoms with E-state index >= 15 is 0 Å². The van der Waals surface area contributed by atoms with Gasteiger partial charge in [0.05, 0.1) is 6.67 Å². The van der Waals surface area contributed by atoms with Crippen molar-refractivity contribution in [3.63, 3.8) is 0 Å². The standard InChI is InChI=1S/C22H28N4O3/c1-22(18-8-7-15-3-2-4-17(15)13-18)20(28)26(21(29)23-22)14-24-9-11-25(12-10-24)19(27)16-5-6-16/h7-8,13,16H,2-6,9-12,14H2,1H3,(H,23,29)/t22-/m0/s1. The van der Waals surface area contributed by atoms with Crippen molar-refractivity contribution in [2.45, 2.75) is 44.6 Å². The molecule has 2 heterocycles. The summed E-state index contributed by atoms with van der Waals surface area (Å²) in [5.41, 5.74) is 2.49. The van der Waals surface area contributed by atoms with E-state index in [0.29, 0.717) is 26.2 Å². The highest BCUT2D eigenvalue weighted by Gasteiger charge is 2.49. The molecule has 0 spiro atoms. The summed E-state index contributed by atoms with van der Waals surface area (Å²) >= 11 is 0. The number of piperazine rings is 1. The van der Waals surface area contributed by atoms with E-state index in [1.165, 1.54) is 16.0 Å². The van der Waals surface area contributed by atoms with Crippen molar-refractivity contribution in [3.05, 3.63) is 34.9 Å². The van der Waals surface area contributed by atoms with E-state index in [2.05, 4.69) is 22.3 Å². The molecule has 0 bridgehead atoms. The second-order valence-corrected chi connectivity index (χ2v) is 8.98. The summed E-state index contributed by atoms with van der Waals surface area (Å²) in [5.74, 6) is 0.307. The van der Waals surface area contributed by atoms with Gasteiger partial charge in [-0.15, -0.1) is 0 Å². The molecule has 5 rings (SSSR count). The van der Waals surface area contributed by atoms with Gasteiger partial charge in [0, 0.05) is 32.1 Å². The average molecular weight is 396 g/mol. The van der Waals surface area contributed by atoms with Gasteiger partial charge in [-0.3, -0.25) is 14.5 Å². The van der Waals surface area contributed by atoms with Gasteiger partial charge in [-0.2, -0.15) is 0 Å². The van der Waals surface area contributed by atoms with Crippen LogP contribution < -0.4 is 5.32 Å². The van der Waals surface area contributed by atoms with Gasteiger partial charge in [0.1, 0.15) is 5.54 Å². The molecule has 4 aliphatic rings. The summed E-state index contributed by atoms with van der Waals surface area (Å²) in [5, 5.41) is 2.92. The molecule has 154 valence electrons. The molecule has 7 heteroatoms. The lowest BCUT2D eigenvalue weighted by atomic mass is 9.90. The van der Waals surface area contributed by atoms with E-state index in [4.69, 9.17) is 0 Å². The number of nitrogens with one attached hydrogen (secondary N) is 1. The van der Waals surface area contributed by atoms with Crippen LogP contribution in [0.3, 0.4) is 0 Å². The molecule has 1 aromatic rings. The molecule has 0 aromatic heterocycles. The Kier molecular flexibility index (Phi) is 4.38. The largest absolute Gasteiger partial charge is 0.340 e. The first-order valence-corrected chi connectivity index (χ1v) is 10.7. The Morgan fingerprint density at radius 2 is 1.83 bits per heavy atom. The molecular weight excluding hydrogens is 368 g/mol. The number of imide groups is 1. The van der Waals surface area contributed by atoms with Gasteiger partial charge in [0.25, 0.3) is 5.91 Å². The molecule has 7 nitrogen and oxygen atoms in total. The number of benzene rings is 1. The molecule has 4 amide bonds. The minimum absolute atomic E-state index is 0.197. The van der Waals surface area contributed by atoms with Gasteiger partial charge >= 0.3 is 6.03 Å². The predicted octanol–water partition coefficient (Wildman–Crippen LogP) is 1.45. The third-order valence-corrected chi connectivity index (χ3v) is 6.90. The van der Waals surface area contributed by atoms with Crippen molar-refractivity contribution in [3.8, 4) is 0 Å². The predicted molar refractivity (Wildman–Crippen MR) is 107 cm³/mol. The van der Waals surface area contributed by atoms with Crippen molar-refractivity contribution in [2.24, 2.45) is 5.92 Å². The van der Waals surface area contributed by atoms with E-state index in [9.17, 15) is 14.4 Å². The van der Waals surface area contributed by atoms with Crippen molar-refractivity contribution in [1.82, 2.24) is 20.0 Å². The maximum Gasteiger partial charge on any atom is 0.326 e. The van der Waals surface area contributed by atoms with E-state index in [1.54, 1.807) is 6.92 Å². The summed E-state index contributed by atoms with van der Waals surface area (Å²) < 4.78 is 0. The Labute approximate surface area is 171 Å². The van der Waals surface area contributed by atoms with Crippen LogP contribution in [0.25, 0.3) is 0 Å². The Balaban J connectivity index is 1.25. The molecule has 1 saturated carbocycles. The van der Waals surface area contributed by atoms with Crippen LogP contribution >= 0.6 is 0 Å². The van der Waals surface area contributed by atoms with Gasteiger partial charge < -0.3 is 10.2 Å². The third kappa shape index (κ3) is 3.21. The maximum atomic E-state index is 13.2. The van der Waals surface area contributed by atoms with Crippen LogP contribution in [0.15, 0.2) is 18.2 Å². The number of nitrogens with zero attached hydrogens (tertiary/aromatic N) is 3. The molecule has 0 unspecified atom stereocenters. The lowest BCUT2D eigenvalue weighted by molar-refractivity contribution is -0.137. The lowest BCUT2D eigenvalue weighted by Gasteiger charge is -2.36. The summed E-state index contributed by atoms with van der Waals surface area (Å²) in [6.45, 7) is 4.78. The number of amides is 4.